The Morgan fingerprint density at radius 1 is 0.708 bits per heavy atom. The highest BCUT2D eigenvalue weighted by molar-refractivity contribution is 6.35. The van der Waals surface area contributed by atoms with Crippen LogP contribution in [0.5, 0.6) is 0 Å². The molecule has 0 saturated carbocycles. The third-order valence-electron chi connectivity index (χ3n) is 6.04. The van der Waals surface area contributed by atoms with Gasteiger partial charge in [-0.3, -0.25) is 29.0 Å². The van der Waals surface area contributed by atoms with Gasteiger partial charge in [0.2, 0.25) is 11.8 Å². The summed E-state index contributed by atoms with van der Waals surface area (Å²) in [6, 6.07) is 0. The first-order valence-corrected chi connectivity index (χ1v) is 8.55. The summed E-state index contributed by atoms with van der Waals surface area (Å²) in [5.41, 5.74) is -2.42. The van der Waals surface area contributed by atoms with Gasteiger partial charge in [-0.2, -0.15) is 0 Å². The number of carbonyl (C=O) groups is 4. The molecule has 2 amide bonds. The summed E-state index contributed by atoms with van der Waals surface area (Å²) in [5.74, 6) is -1.43. The predicted molar refractivity (Wildman–Crippen MR) is 85.9 cm³/mol. The maximum Gasteiger partial charge on any atom is 0.246 e. The van der Waals surface area contributed by atoms with Crippen LogP contribution in [0.1, 0.15) is 53.4 Å². The van der Waals surface area contributed by atoms with Crippen LogP contribution in [0.25, 0.3) is 0 Å². The summed E-state index contributed by atoms with van der Waals surface area (Å²) in [6.07, 6.45) is 4.31. The largest absolute Gasteiger partial charge is 0.293 e. The minimum absolute atomic E-state index is 0.0200. The Kier molecular flexibility index (Phi) is 3.55. The summed E-state index contributed by atoms with van der Waals surface area (Å²) in [7, 11) is 0. The lowest BCUT2D eigenvalue weighted by atomic mass is 9.65. The molecule has 3 aliphatic heterocycles. The first-order valence-electron chi connectivity index (χ1n) is 8.55. The van der Waals surface area contributed by atoms with E-state index < -0.39 is 22.4 Å². The molecule has 6 heteroatoms. The van der Waals surface area contributed by atoms with Gasteiger partial charge in [-0.1, -0.05) is 27.7 Å². The molecule has 0 spiro atoms. The Hall–Kier alpha value is -2.24. The molecule has 0 aliphatic carbocycles. The SMILES string of the molecule is CCC1(CC)C(=O)C2=C3N(C=CN3C(=O)C(CC)(CC)C2=O)C1=O. The van der Waals surface area contributed by atoms with Crippen molar-refractivity contribution >= 4 is 23.4 Å². The van der Waals surface area contributed by atoms with Crippen LogP contribution in [0.15, 0.2) is 23.8 Å². The highest BCUT2D eigenvalue weighted by Crippen LogP contribution is 2.49. The van der Waals surface area contributed by atoms with Gasteiger partial charge in [-0.15, -0.1) is 0 Å². The standard InChI is InChI=1S/C18H22N2O4/c1-5-17(6-2)12(21)11-13(22)18(7-3,8-4)16(24)20-10-9-19(14(11)20)15(17)23/h9-10H,5-8H2,1-4H3. The second-order valence-corrected chi connectivity index (χ2v) is 6.58. The highest BCUT2D eigenvalue weighted by Gasteiger charge is 2.62. The van der Waals surface area contributed by atoms with E-state index in [-0.39, 0.29) is 23.2 Å². The van der Waals surface area contributed by atoms with E-state index in [0.717, 1.165) is 0 Å². The number of hydrogen-bond donors (Lipinski definition) is 0. The van der Waals surface area contributed by atoms with Crippen molar-refractivity contribution in [2.24, 2.45) is 10.8 Å². The Balaban J connectivity index is 2.31. The van der Waals surface area contributed by atoms with Gasteiger partial charge in [0.05, 0.1) is 0 Å². The lowest BCUT2D eigenvalue weighted by Crippen LogP contribution is -2.60. The van der Waals surface area contributed by atoms with Crippen LogP contribution in [0.4, 0.5) is 0 Å². The van der Waals surface area contributed by atoms with Gasteiger partial charge in [0.15, 0.2) is 11.6 Å². The molecule has 0 N–H and O–H groups in total. The zero-order valence-corrected chi connectivity index (χ0v) is 14.5. The van der Waals surface area contributed by atoms with E-state index in [1.807, 2.05) is 0 Å². The lowest BCUT2D eigenvalue weighted by Gasteiger charge is -2.45. The Morgan fingerprint density at radius 2 is 1.04 bits per heavy atom. The van der Waals surface area contributed by atoms with Crippen LogP contribution in [0.2, 0.25) is 0 Å². The Morgan fingerprint density at radius 3 is 1.33 bits per heavy atom. The Bertz CT molecular complexity index is 665. The maximum atomic E-state index is 13.2. The van der Waals surface area contributed by atoms with Gasteiger partial charge in [0.25, 0.3) is 0 Å². The summed E-state index contributed by atoms with van der Waals surface area (Å²) < 4.78 is 0. The number of carbonyl (C=O) groups excluding carboxylic acids is 4. The minimum Gasteiger partial charge on any atom is -0.293 e. The monoisotopic (exact) mass is 330 g/mol. The van der Waals surface area contributed by atoms with Crippen LogP contribution in [0.3, 0.4) is 0 Å². The first-order chi connectivity index (χ1) is 11.4. The van der Waals surface area contributed by atoms with Gasteiger partial charge in [-0.25, -0.2) is 0 Å². The molecule has 0 atom stereocenters. The fourth-order valence-corrected chi connectivity index (χ4v) is 4.15. The van der Waals surface area contributed by atoms with E-state index in [0.29, 0.717) is 25.7 Å². The van der Waals surface area contributed by atoms with E-state index in [9.17, 15) is 19.2 Å². The van der Waals surface area contributed by atoms with E-state index in [1.165, 1.54) is 22.2 Å². The van der Waals surface area contributed by atoms with Crippen molar-refractivity contribution in [2.75, 3.05) is 0 Å². The van der Waals surface area contributed by atoms with Crippen LogP contribution < -0.4 is 0 Å². The van der Waals surface area contributed by atoms with Crippen LogP contribution >= 0.6 is 0 Å². The number of ketones is 2. The number of Topliss-reactive ketones (excluding diaryl/α,β-unsaturated/α-hetero) is 2. The van der Waals surface area contributed by atoms with Crippen molar-refractivity contribution in [1.82, 2.24) is 9.80 Å². The van der Waals surface area contributed by atoms with E-state index in [2.05, 4.69) is 0 Å². The molecule has 6 nitrogen and oxygen atoms in total. The number of nitrogens with zero attached hydrogens (tertiary/aromatic N) is 2. The van der Waals surface area contributed by atoms with Crippen molar-refractivity contribution in [1.29, 1.82) is 0 Å². The van der Waals surface area contributed by atoms with Crippen LogP contribution in [-0.4, -0.2) is 33.2 Å². The smallest absolute Gasteiger partial charge is 0.246 e. The quantitative estimate of drug-likeness (QED) is 0.584. The molecule has 3 aliphatic rings. The third-order valence-corrected chi connectivity index (χ3v) is 6.04. The molecule has 128 valence electrons. The number of rotatable bonds is 4. The average Bonchev–Trinajstić information content (AvgIpc) is 3.02. The van der Waals surface area contributed by atoms with Crippen molar-refractivity contribution < 1.29 is 19.2 Å². The molecule has 24 heavy (non-hydrogen) atoms. The number of allylic oxidation sites excluding steroid dienone is 1. The molecular weight excluding hydrogens is 308 g/mol. The maximum absolute atomic E-state index is 13.2. The zero-order valence-electron chi connectivity index (χ0n) is 14.5. The lowest BCUT2D eigenvalue weighted by molar-refractivity contribution is -0.154. The van der Waals surface area contributed by atoms with Gasteiger partial charge in [0, 0.05) is 12.4 Å². The van der Waals surface area contributed by atoms with Gasteiger partial charge < -0.3 is 0 Å². The molecule has 0 fully saturated rings. The highest BCUT2D eigenvalue weighted by atomic mass is 16.2. The molecule has 3 heterocycles. The molecule has 0 saturated heterocycles. The minimum atomic E-state index is -1.22. The fourth-order valence-electron chi connectivity index (χ4n) is 4.15. The number of amides is 2. The zero-order chi connectivity index (χ0) is 17.9. The molecule has 3 rings (SSSR count). The van der Waals surface area contributed by atoms with Crippen LogP contribution in [0, 0.1) is 10.8 Å². The summed E-state index contributed by atoms with van der Waals surface area (Å²) in [5, 5.41) is 0. The van der Waals surface area contributed by atoms with Crippen molar-refractivity contribution in [2.45, 2.75) is 53.4 Å². The summed E-state index contributed by atoms with van der Waals surface area (Å²) in [6.45, 7) is 7.14. The van der Waals surface area contributed by atoms with E-state index in [4.69, 9.17) is 0 Å². The average molecular weight is 330 g/mol. The topological polar surface area (TPSA) is 74.8 Å². The molecule has 0 aromatic heterocycles. The van der Waals surface area contributed by atoms with Gasteiger partial charge in [-0.05, 0) is 25.7 Å². The van der Waals surface area contributed by atoms with E-state index in [1.54, 1.807) is 27.7 Å². The summed E-state index contributed by atoms with van der Waals surface area (Å²) >= 11 is 0. The second kappa shape index (κ2) is 5.13. The number of hydrogen-bond acceptors (Lipinski definition) is 4. The first kappa shape index (κ1) is 16.6. The summed E-state index contributed by atoms with van der Waals surface area (Å²) in [4.78, 5) is 54.9. The molecule has 0 aromatic rings. The fraction of sp³-hybridized carbons (Fsp3) is 0.556. The molecule has 0 unspecified atom stereocenters. The normalized spacial score (nSPS) is 24.2. The van der Waals surface area contributed by atoms with Crippen molar-refractivity contribution in [3.63, 3.8) is 0 Å². The van der Waals surface area contributed by atoms with Gasteiger partial charge >= 0.3 is 0 Å². The van der Waals surface area contributed by atoms with E-state index >= 15 is 0 Å². The van der Waals surface area contributed by atoms with Crippen molar-refractivity contribution in [3.05, 3.63) is 23.8 Å². The Labute approximate surface area is 141 Å². The molecular formula is C18H22N2O4. The molecule has 0 aromatic carbocycles. The third kappa shape index (κ3) is 1.56. The van der Waals surface area contributed by atoms with Gasteiger partial charge in [0.1, 0.15) is 22.2 Å². The second-order valence-electron chi connectivity index (χ2n) is 6.58. The van der Waals surface area contributed by atoms with Crippen LogP contribution in [-0.2, 0) is 19.2 Å². The predicted octanol–water partition coefficient (Wildman–Crippen LogP) is 2.12. The molecule has 0 bridgehead atoms. The molecule has 0 radical (unpaired) electrons. The van der Waals surface area contributed by atoms with Crippen molar-refractivity contribution in [3.8, 4) is 0 Å².